The quantitative estimate of drug-likeness (QED) is 0.195. The van der Waals surface area contributed by atoms with Gasteiger partial charge in [0.2, 0.25) is 0 Å². The van der Waals surface area contributed by atoms with Gasteiger partial charge in [-0.3, -0.25) is 10.3 Å². The maximum atomic E-state index is 6.36. The molecule has 6 nitrogen and oxygen atoms in total. The van der Waals surface area contributed by atoms with E-state index in [2.05, 4.69) is 119 Å². The molecule has 2 N–H and O–H groups in total. The van der Waals surface area contributed by atoms with Gasteiger partial charge in [0.15, 0.2) is 0 Å². The van der Waals surface area contributed by atoms with Gasteiger partial charge < -0.3 is 14.2 Å². The number of para-hydroxylation sites is 1. The number of aliphatic imine (C=N–C) groups is 1. The first-order valence-corrected chi connectivity index (χ1v) is 17.5. The first-order valence-electron chi connectivity index (χ1n) is 17.5. The second-order valence-corrected chi connectivity index (χ2v) is 13.5. The number of rotatable bonds is 4. The average Bonchev–Trinajstić information content (AvgIpc) is 3.77. The van der Waals surface area contributed by atoms with Crippen LogP contribution < -0.4 is 10.6 Å². The largest absolute Gasteiger partial charge is 0.456 e. The van der Waals surface area contributed by atoms with Gasteiger partial charge in [-0.2, -0.15) is 0 Å². The molecule has 11 rings (SSSR count). The minimum atomic E-state index is -0.283. The number of amidine groups is 1. The topological polar surface area (TPSA) is 75.6 Å². The highest BCUT2D eigenvalue weighted by Crippen LogP contribution is 2.40. The Morgan fingerprint density at radius 2 is 1.23 bits per heavy atom. The molecule has 0 spiro atoms. The molecule has 0 saturated carbocycles. The van der Waals surface area contributed by atoms with Crippen LogP contribution >= 0.6 is 0 Å². The summed E-state index contributed by atoms with van der Waals surface area (Å²) in [6.45, 7) is 0. The maximum Gasteiger partial charge on any atom is 0.136 e. The third-order valence-corrected chi connectivity index (χ3v) is 10.4. The first-order chi connectivity index (χ1) is 25.7. The second kappa shape index (κ2) is 11.4. The van der Waals surface area contributed by atoms with Gasteiger partial charge in [-0.1, -0.05) is 97.1 Å². The van der Waals surface area contributed by atoms with Crippen molar-refractivity contribution in [2.24, 2.45) is 4.99 Å². The molecule has 4 heterocycles. The number of aromatic nitrogens is 1. The molecular formula is C46H30N4O2. The highest BCUT2D eigenvalue weighted by molar-refractivity contribution is 6.18. The summed E-state index contributed by atoms with van der Waals surface area (Å²) in [6, 6.07) is 50.9. The van der Waals surface area contributed by atoms with Crippen molar-refractivity contribution >= 4 is 71.3 Å². The number of pyridine rings is 1. The summed E-state index contributed by atoms with van der Waals surface area (Å²) < 4.78 is 12.6. The Hall–Kier alpha value is -6.76. The predicted octanol–water partition coefficient (Wildman–Crippen LogP) is 11.2. The summed E-state index contributed by atoms with van der Waals surface area (Å²) >= 11 is 0. The highest BCUT2D eigenvalue weighted by atomic mass is 16.3. The summed E-state index contributed by atoms with van der Waals surface area (Å²) in [5.74, 6) is 0.828. The molecule has 0 aliphatic carbocycles. The third-order valence-electron chi connectivity index (χ3n) is 10.4. The summed E-state index contributed by atoms with van der Waals surface area (Å²) in [4.78, 5) is 9.67. The van der Waals surface area contributed by atoms with E-state index in [9.17, 15) is 0 Å². The number of benzene rings is 7. The fourth-order valence-corrected chi connectivity index (χ4v) is 7.90. The van der Waals surface area contributed by atoms with Crippen LogP contribution in [0, 0.1) is 0 Å². The van der Waals surface area contributed by atoms with E-state index in [1.165, 1.54) is 0 Å². The van der Waals surface area contributed by atoms with Crippen LogP contribution in [0.1, 0.15) is 29.0 Å². The van der Waals surface area contributed by atoms with Crippen molar-refractivity contribution in [3.63, 3.8) is 0 Å². The number of nitrogens with zero attached hydrogens (tertiary/aromatic N) is 2. The molecule has 246 valence electrons. The molecule has 3 aromatic heterocycles. The molecule has 0 amide bonds. The van der Waals surface area contributed by atoms with Gasteiger partial charge in [0.05, 0.1) is 0 Å². The van der Waals surface area contributed by atoms with Crippen LogP contribution in [0.25, 0.3) is 76.5 Å². The van der Waals surface area contributed by atoms with Gasteiger partial charge >= 0.3 is 0 Å². The van der Waals surface area contributed by atoms with E-state index in [4.69, 9.17) is 13.8 Å². The third kappa shape index (κ3) is 4.62. The van der Waals surface area contributed by atoms with E-state index in [1.807, 2.05) is 54.9 Å². The van der Waals surface area contributed by atoms with Gasteiger partial charge in [0, 0.05) is 44.9 Å². The van der Waals surface area contributed by atoms with E-state index in [1.54, 1.807) is 0 Å². The molecule has 2 atom stereocenters. The van der Waals surface area contributed by atoms with E-state index < -0.39 is 0 Å². The molecule has 10 aromatic rings. The lowest BCUT2D eigenvalue weighted by Crippen LogP contribution is -2.45. The van der Waals surface area contributed by atoms with Gasteiger partial charge in [-0.25, -0.2) is 4.99 Å². The molecule has 1 aliphatic rings. The van der Waals surface area contributed by atoms with Crippen LogP contribution in [0.2, 0.25) is 0 Å². The number of fused-ring (bicyclic) bond motifs is 8. The number of nitrogens with one attached hydrogen (secondary N) is 2. The van der Waals surface area contributed by atoms with E-state index >= 15 is 0 Å². The molecule has 0 saturated heterocycles. The van der Waals surface area contributed by atoms with Crippen molar-refractivity contribution in [2.45, 2.75) is 12.3 Å². The molecule has 2 unspecified atom stereocenters. The molecule has 52 heavy (non-hydrogen) atoms. The zero-order valence-corrected chi connectivity index (χ0v) is 27.9. The van der Waals surface area contributed by atoms with Crippen molar-refractivity contribution in [3.8, 4) is 11.1 Å². The SMILES string of the molecule is c1ccc(C2NC(c3cccc4oc5ccccc5c34)=NC(c3ccc4cc(-c5cccc6oc7cc8ccncc8cc7c56)ccc4c3)N2)cc1. The Bertz CT molecular complexity index is 3050. The maximum absolute atomic E-state index is 6.36. The fourth-order valence-electron chi connectivity index (χ4n) is 7.90. The lowest BCUT2D eigenvalue weighted by Gasteiger charge is -2.32. The zero-order chi connectivity index (χ0) is 34.2. The van der Waals surface area contributed by atoms with Crippen molar-refractivity contribution < 1.29 is 8.83 Å². The number of hydrogen-bond acceptors (Lipinski definition) is 6. The molecule has 0 radical (unpaired) electrons. The lowest BCUT2D eigenvalue weighted by atomic mass is 9.95. The summed E-state index contributed by atoms with van der Waals surface area (Å²) in [5, 5.41) is 16.4. The molecule has 7 aromatic carbocycles. The smallest absolute Gasteiger partial charge is 0.136 e. The summed E-state index contributed by atoms with van der Waals surface area (Å²) in [7, 11) is 0. The van der Waals surface area contributed by atoms with Gasteiger partial charge in [-0.15, -0.1) is 0 Å². The second-order valence-electron chi connectivity index (χ2n) is 13.5. The van der Waals surface area contributed by atoms with Gasteiger partial charge in [-0.05, 0) is 86.9 Å². The Balaban J connectivity index is 1.01. The van der Waals surface area contributed by atoms with Crippen LogP contribution in [-0.4, -0.2) is 10.8 Å². The van der Waals surface area contributed by atoms with Crippen LogP contribution in [0.5, 0.6) is 0 Å². The Morgan fingerprint density at radius 1 is 0.500 bits per heavy atom. The van der Waals surface area contributed by atoms with E-state index in [-0.39, 0.29) is 12.3 Å². The minimum Gasteiger partial charge on any atom is -0.456 e. The van der Waals surface area contributed by atoms with E-state index in [0.717, 1.165) is 99.1 Å². The van der Waals surface area contributed by atoms with Crippen LogP contribution in [-0.2, 0) is 0 Å². The Kier molecular flexibility index (Phi) is 6.35. The predicted molar refractivity (Wildman–Crippen MR) is 210 cm³/mol. The standard InChI is InChI=1S/C46H30N4O2/c1-2-8-27(9-3-1)44-48-45(50-46(49-44)36-12-7-15-40-43(36)35-10-4-5-13-38(35)51-40)32-19-17-28-22-31(18-16-29(28)23-32)34-11-6-14-39-42(34)37-24-33-26-47-21-20-30(33)25-41(37)52-39/h1-26,44-45,48H,(H,49,50). The number of furan rings is 2. The van der Waals surface area contributed by atoms with E-state index in [0.29, 0.717) is 0 Å². The Morgan fingerprint density at radius 3 is 2.13 bits per heavy atom. The zero-order valence-electron chi connectivity index (χ0n) is 27.9. The first kappa shape index (κ1) is 29.0. The summed E-state index contributed by atoms with van der Waals surface area (Å²) in [6.07, 6.45) is 3.30. The molecule has 0 fully saturated rings. The number of hydrogen-bond donors (Lipinski definition) is 2. The van der Waals surface area contributed by atoms with Crippen molar-refractivity contribution in [1.82, 2.24) is 15.6 Å². The van der Waals surface area contributed by atoms with Crippen molar-refractivity contribution in [1.29, 1.82) is 0 Å². The normalized spacial score (nSPS) is 16.3. The average molecular weight is 671 g/mol. The van der Waals surface area contributed by atoms with Gasteiger partial charge in [0.25, 0.3) is 0 Å². The minimum absolute atomic E-state index is 0.150. The van der Waals surface area contributed by atoms with Crippen LogP contribution in [0.4, 0.5) is 0 Å². The summed E-state index contributed by atoms with van der Waals surface area (Å²) in [5.41, 5.74) is 9.01. The highest BCUT2D eigenvalue weighted by Gasteiger charge is 2.27. The van der Waals surface area contributed by atoms with Crippen molar-refractivity contribution in [2.75, 3.05) is 0 Å². The molecular weight excluding hydrogens is 641 g/mol. The fraction of sp³-hybridized carbons (Fsp3) is 0.0435. The van der Waals surface area contributed by atoms with Crippen LogP contribution in [0.15, 0.2) is 172 Å². The molecule has 6 heteroatoms. The molecule has 0 bridgehead atoms. The van der Waals surface area contributed by atoms with Crippen LogP contribution in [0.3, 0.4) is 0 Å². The monoisotopic (exact) mass is 670 g/mol. The Labute approximate surface area is 298 Å². The van der Waals surface area contributed by atoms with Crippen molar-refractivity contribution in [3.05, 3.63) is 175 Å². The molecule has 1 aliphatic heterocycles. The van der Waals surface area contributed by atoms with Gasteiger partial charge in [0.1, 0.15) is 40.5 Å². The lowest BCUT2D eigenvalue weighted by molar-refractivity contribution is 0.409.